The largest absolute Gasteiger partial charge is 0.387 e. The summed E-state index contributed by atoms with van der Waals surface area (Å²) in [4.78, 5) is 25.2. The minimum atomic E-state index is -0.302. The summed E-state index contributed by atoms with van der Waals surface area (Å²) in [6, 6.07) is 11.6. The number of anilines is 1. The summed E-state index contributed by atoms with van der Waals surface area (Å²) in [5.74, 6) is 6.20. The lowest BCUT2D eigenvalue weighted by Gasteiger charge is -2.28. The molecule has 0 spiro atoms. The summed E-state index contributed by atoms with van der Waals surface area (Å²) < 4.78 is 0. The lowest BCUT2D eigenvalue weighted by molar-refractivity contribution is 0.200. The number of hydrogen-bond acceptors (Lipinski definition) is 5. The maximum Gasteiger partial charge on any atom is 0.339 e. The summed E-state index contributed by atoms with van der Waals surface area (Å²) in [5, 5.41) is 9.73. The van der Waals surface area contributed by atoms with Crippen molar-refractivity contribution in [2.24, 2.45) is 11.0 Å². The zero-order valence-corrected chi connectivity index (χ0v) is 16.5. The maximum atomic E-state index is 12.9. The van der Waals surface area contributed by atoms with Crippen LogP contribution in [0.4, 0.5) is 10.5 Å². The van der Waals surface area contributed by atoms with Crippen LogP contribution in [0, 0.1) is 11.8 Å². The number of amides is 2. The van der Waals surface area contributed by atoms with Crippen molar-refractivity contribution in [2.75, 3.05) is 24.6 Å². The van der Waals surface area contributed by atoms with E-state index < -0.39 is 0 Å². The standard InChI is InChI=1S/C22H25N5O2/c1-15-4-7-19(27(23)22(28)26-10-2-3-20(26)14-25-29)12-21(15)17-6-5-16-8-9-24-13-18(16)11-17/h4-8,11-13,20,24H,2-3,9-10,14,23H2,1H3/t20-/m1/s1. The Labute approximate surface area is 169 Å². The van der Waals surface area contributed by atoms with Crippen LogP contribution in [0.1, 0.15) is 18.4 Å². The molecule has 0 saturated carbocycles. The summed E-state index contributed by atoms with van der Waals surface area (Å²) in [6.45, 7) is 3.58. The molecule has 1 saturated heterocycles. The van der Waals surface area contributed by atoms with Gasteiger partial charge in [0.05, 0.1) is 11.7 Å². The Morgan fingerprint density at radius 3 is 2.97 bits per heavy atom. The molecule has 0 unspecified atom stereocenters. The highest BCUT2D eigenvalue weighted by Crippen LogP contribution is 2.28. The number of aryl methyl sites for hydroxylation is 1. The number of likely N-dealkylation sites (tertiary alicyclic amines) is 1. The molecule has 7 nitrogen and oxygen atoms in total. The predicted octanol–water partition coefficient (Wildman–Crippen LogP) is 1.81. The zero-order chi connectivity index (χ0) is 20.4. The fourth-order valence-corrected chi connectivity index (χ4v) is 4.07. The van der Waals surface area contributed by atoms with E-state index in [2.05, 4.69) is 34.8 Å². The Balaban J connectivity index is 1.65. The third-order valence-electron chi connectivity index (χ3n) is 5.71. The first kappa shape index (κ1) is 19.1. The topological polar surface area (TPSA) is 91.0 Å². The number of nitrogens with zero attached hydrogens (tertiary/aromatic N) is 3. The molecule has 2 aromatic rings. The molecule has 0 aliphatic carbocycles. The van der Waals surface area contributed by atoms with Crippen LogP contribution in [0.3, 0.4) is 0 Å². The number of carbonyl (C=O) groups excluding carboxylic acids is 1. The first-order valence-electron chi connectivity index (χ1n) is 9.88. The smallest absolute Gasteiger partial charge is 0.339 e. The van der Waals surface area contributed by atoms with Gasteiger partial charge in [0.15, 0.2) is 0 Å². The van der Waals surface area contributed by atoms with E-state index in [1.54, 1.807) is 4.90 Å². The molecule has 2 amide bonds. The number of fused-ring (bicyclic) bond motifs is 1. The third-order valence-corrected chi connectivity index (χ3v) is 5.71. The van der Waals surface area contributed by atoms with Crippen LogP contribution >= 0.6 is 0 Å². The molecule has 0 radical (unpaired) electrons. The number of carbonyl (C=O) groups is 1. The molecular weight excluding hydrogens is 366 g/mol. The molecule has 2 aromatic carbocycles. The summed E-state index contributed by atoms with van der Waals surface area (Å²) in [5.41, 5.74) is 3.82. The average Bonchev–Trinajstić information content (AvgIpc) is 3.21. The van der Waals surface area contributed by atoms with Crippen molar-refractivity contribution in [3.63, 3.8) is 0 Å². The molecule has 2 heterocycles. The number of hydrogen-bond donors (Lipinski definition) is 2. The van der Waals surface area contributed by atoms with Gasteiger partial charge in [0, 0.05) is 19.3 Å². The van der Waals surface area contributed by atoms with Crippen LogP contribution in [0.2, 0.25) is 0 Å². The van der Waals surface area contributed by atoms with Crippen LogP contribution in [0.15, 0.2) is 41.6 Å². The van der Waals surface area contributed by atoms with Gasteiger partial charge < -0.3 is 10.2 Å². The molecule has 3 N–H and O–H groups in total. The number of nitrogens with two attached hydrogens (primary N) is 1. The zero-order valence-electron chi connectivity index (χ0n) is 16.5. The van der Waals surface area contributed by atoms with Crippen molar-refractivity contribution in [3.8, 4) is 11.1 Å². The fourth-order valence-electron chi connectivity index (χ4n) is 4.07. The molecule has 0 bridgehead atoms. The minimum Gasteiger partial charge on any atom is -0.387 e. The van der Waals surface area contributed by atoms with Crippen molar-refractivity contribution in [3.05, 3.63) is 57.3 Å². The molecular formula is C22H25N5O2. The molecule has 29 heavy (non-hydrogen) atoms. The van der Waals surface area contributed by atoms with E-state index in [4.69, 9.17) is 5.84 Å². The second-order valence-corrected chi connectivity index (χ2v) is 7.55. The monoisotopic (exact) mass is 391 g/mol. The lowest BCUT2D eigenvalue weighted by atomic mass is 9.98. The Kier molecular flexibility index (Phi) is 5.31. The molecule has 2 aliphatic heterocycles. The lowest BCUT2D eigenvalue weighted by Crippen LogP contribution is -2.49. The van der Waals surface area contributed by atoms with Gasteiger partial charge in [-0.3, -0.25) is 0 Å². The highest BCUT2D eigenvalue weighted by atomic mass is 16.3. The first-order valence-corrected chi connectivity index (χ1v) is 9.88. The Morgan fingerprint density at radius 2 is 2.14 bits per heavy atom. The highest BCUT2D eigenvalue weighted by molar-refractivity contribution is 5.92. The van der Waals surface area contributed by atoms with Gasteiger partial charge in [0.2, 0.25) is 0 Å². The molecule has 7 heteroatoms. The summed E-state index contributed by atoms with van der Waals surface area (Å²) in [6.07, 6.45) is 5.81. The van der Waals surface area contributed by atoms with Crippen molar-refractivity contribution in [1.29, 1.82) is 0 Å². The third kappa shape index (κ3) is 3.73. The second-order valence-electron chi connectivity index (χ2n) is 7.55. The molecule has 0 aromatic heterocycles. The van der Waals surface area contributed by atoms with Gasteiger partial charge in [-0.1, -0.05) is 29.5 Å². The minimum absolute atomic E-state index is 0.107. The van der Waals surface area contributed by atoms with E-state index >= 15 is 0 Å². The average molecular weight is 391 g/mol. The Hall–Kier alpha value is -3.19. The van der Waals surface area contributed by atoms with Crippen molar-refractivity contribution < 1.29 is 4.79 Å². The van der Waals surface area contributed by atoms with Gasteiger partial charge in [-0.25, -0.2) is 15.6 Å². The van der Waals surface area contributed by atoms with E-state index in [-0.39, 0.29) is 18.6 Å². The van der Waals surface area contributed by atoms with E-state index in [1.165, 1.54) is 10.2 Å². The van der Waals surface area contributed by atoms with Crippen LogP contribution < -0.4 is 26.6 Å². The van der Waals surface area contributed by atoms with Gasteiger partial charge >= 0.3 is 6.03 Å². The van der Waals surface area contributed by atoms with E-state index in [1.807, 2.05) is 31.3 Å². The second kappa shape index (κ2) is 8.05. The van der Waals surface area contributed by atoms with Gasteiger partial charge in [0.25, 0.3) is 0 Å². The van der Waals surface area contributed by atoms with Gasteiger partial charge in [-0.2, -0.15) is 4.91 Å². The van der Waals surface area contributed by atoms with Crippen LogP contribution in [0.25, 0.3) is 23.4 Å². The molecule has 4 rings (SSSR count). The van der Waals surface area contributed by atoms with Gasteiger partial charge in [-0.05, 0) is 65.1 Å². The Bertz CT molecular complexity index is 1070. The maximum absolute atomic E-state index is 12.9. The first-order chi connectivity index (χ1) is 14.1. The van der Waals surface area contributed by atoms with E-state index in [0.29, 0.717) is 12.2 Å². The van der Waals surface area contributed by atoms with Crippen molar-refractivity contribution in [1.82, 2.24) is 10.2 Å². The van der Waals surface area contributed by atoms with Gasteiger partial charge in [0.1, 0.15) is 6.54 Å². The number of hydrazine groups is 1. The van der Waals surface area contributed by atoms with Gasteiger partial charge in [-0.15, -0.1) is 0 Å². The molecule has 1 fully saturated rings. The highest BCUT2D eigenvalue weighted by Gasteiger charge is 2.31. The predicted molar refractivity (Wildman–Crippen MR) is 115 cm³/mol. The number of rotatable bonds is 4. The Morgan fingerprint density at radius 1 is 1.28 bits per heavy atom. The number of nitrogens with one attached hydrogen (secondary N) is 1. The normalized spacial score (nSPS) is 17.6. The molecule has 150 valence electrons. The van der Waals surface area contributed by atoms with E-state index in [9.17, 15) is 9.70 Å². The van der Waals surface area contributed by atoms with Crippen LogP contribution in [-0.2, 0) is 0 Å². The molecule has 2 aliphatic rings. The van der Waals surface area contributed by atoms with Crippen molar-refractivity contribution >= 4 is 24.0 Å². The molecule has 1 atom stereocenters. The fraction of sp³-hybridized carbons (Fsp3) is 0.318. The summed E-state index contributed by atoms with van der Waals surface area (Å²) >= 11 is 0. The van der Waals surface area contributed by atoms with Crippen LogP contribution in [0.5, 0.6) is 0 Å². The van der Waals surface area contributed by atoms with E-state index in [0.717, 1.165) is 41.3 Å². The van der Waals surface area contributed by atoms with Crippen molar-refractivity contribution in [2.45, 2.75) is 25.8 Å². The number of benzene rings is 2. The SMILES string of the molecule is Cc1ccc(N(N)C(=O)N2CCC[C@@H]2CN=O)cc1-c1ccc2c(c1)=CNCC=2. The number of urea groups is 1. The summed E-state index contributed by atoms with van der Waals surface area (Å²) in [7, 11) is 0. The van der Waals surface area contributed by atoms with Crippen LogP contribution in [-0.4, -0.2) is 36.6 Å². The quantitative estimate of drug-likeness (QED) is 0.360. The number of nitroso groups, excluding NO2 is 1.